The Balaban J connectivity index is 2.07. The predicted molar refractivity (Wildman–Crippen MR) is 103 cm³/mol. The standard InChI is InChI=1S/C16H21NO6S3/c1-10-16(2,3)14-12-9-11(26(21,22)23)5-6-13(12)24-15(14)17(10)7-4-8-25(18,19)20/h5-6,9-10H,4,7-8H2,1-3H3,(H,18,19,20)(H,21,22,23). The molecule has 1 aromatic heterocycles. The molecule has 1 aliphatic heterocycles. The molecule has 1 atom stereocenters. The van der Waals surface area contributed by atoms with Crippen LogP contribution in [0.15, 0.2) is 23.1 Å². The first-order valence-electron chi connectivity index (χ1n) is 8.08. The van der Waals surface area contributed by atoms with E-state index in [1.807, 2.05) is 6.92 Å². The summed E-state index contributed by atoms with van der Waals surface area (Å²) in [5.74, 6) is -0.302. The highest BCUT2D eigenvalue weighted by Gasteiger charge is 2.44. The van der Waals surface area contributed by atoms with Gasteiger partial charge in [-0.15, -0.1) is 11.3 Å². The Labute approximate surface area is 157 Å². The fourth-order valence-electron chi connectivity index (χ4n) is 3.54. The Hall–Kier alpha value is -1.20. The van der Waals surface area contributed by atoms with Gasteiger partial charge in [-0.1, -0.05) is 13.8 Å². The third-order valence-corrected chi connectivity index (χ3v) is 8.02. The zero-order valence-corrected chi connectivity index (χ0v) is 17.1. The summed E-state index contributed by atoms with van der Waals surface area (Å²) in [6, 6.07) is 4.63. The number of rotatable bonds is 5. The lowest BCUT2D eigenvalue weighted by atomic mass is 9.81. The van der Waals surface area contributed by atoms with Crippen LogP contribution in [-0.4, -0.2) is 44.3 Å². The topological polar surface area (TPSA) is 112 Å². The second-order valence-corrected chi connectivity index (χ2v) is 11.2. The SMILES string of the molecule is CC1N(CCCS(=O)(=O)O)c2sc3ccc(S(=O)(=O)O)cc3c2C1(C)C. The minimum Gasteiger partial charge on any atom is -0.360 e. The maximum atomic E-state index is 11.5. The maximum absolute atomic E-state index is 11.5. The van der Waals surface area contributed by atoms with Crippen molar-refractivity contribution in [2.45, 2.75) is 43.5 Å². The van der Waals surface area contributed by atoms with Crippen LogP contribution in [0.5, 0.6) is 0 Å². The van der Waals surface area contributed by atoms with Gasteiger partial charge >= 0.3 is 0 Å². The van der Waals surface area contributed by atoms with Crippen molar-refractivity contribution < 1.29 is 25.9 Å². The first-order valence-corrected chi connectivity index (χ1v) is 12.0. The lowest BCUT2D eigenvalue weighted by molar-refractivity contribution is 0.441. The summed E-state index contributed by atoms with van der Waals surface area (Å²) in [6.45, 7) is 6.63. The van der Waals surface area contributed by atoms with Gasteiger partial charge in [0.15, 0.2) is 0 Å². The van der Waals surface area contributed by atoms with Crippen molar-refractivity contribution in [2.24, 2.45) is 0 Å². The predicted octanol–water partition coefficient (Wildman–Crippen LogP) is 2.91. The second kappa shape index (κ2) is 6.16. The second-order valence-electron chi connectivity index (χ2n) is 7.15. The van der Waals surface area contributed by atoms with E-state index in [9.17, 15) is 21.4 Å². The van der Waals surface area contributed by atoms with Crippen molar-refractivity contribution in [1.29, 1.82) is 0 Å². The summed E-state index contributed by atoms with van der Waals surface area (Å²) in [5.41, 5.74) is 0.714. The highest BCUT2D eigenvalue weighted by atomic mass is 32.2. The van der Waals surface area contributed by atoms with Gasteiger partial charge in [-0.05, 0) is 36.9 Å². The normalized spacial score (nSPS) is 19.9. The van der Waals surface area contributed by atoms with Crippen molar-refractivity contribution in [3.63, 3.8) is 0 Å². The van der Waals surface area contributed by atoms with Gasteiger partial charge in [-0.2, -0.15) is 16.8 Å². The molecule has 0 radical (unpaired) electrons. The van der Waals surface area contributed by atoms with Crippen LogP contribution in [0.25, 0.3) is 10.1 Å². The summed E-state index contributed by atoms with van der Waals surface area (Å²) >= 11 is 1.52. The monoisotopic (exact) mass is 419 g/mol. The van der Waals surface area contributed by atoms with Gasteiger partial charge in [0.05, 0.1) is 15.6 Å². The van der Waals surface area contributed by atoms with Crippen LogP contribution >= 0.6 is 11.3 Å². The zero-order chi connectivity index (χ0) is 19.5. The highest BCUT2D eigenvalue weighted by molar-refractivity contribution is 7.86. The van der Waals surface area contributed by atoms with Gasteiger partial charge < -0.3 is 4.90 Å². The number of thiophene rings is 1. The third-order valence-electron chi connectivity index (χ3n) is 5.16. The summed E-state index contributed by atoms with van der Waals surface area (Å²) in [5, 5.41) is 1.76. The number of hydrogen-bond acceptors (Lipinski definition) is 6. The zero-order valence-electron chi connectivity index (χ0n) is 14.6. The molecule has 10 heteroatoms. The van der Waals surface area contributed by atoms with Gasteiger partial charge in [-0.25, -0.2) is 0 Å². The molecule has 2 N–H and O–H groups in total. The Kier molecular flexibility index (Phi) is 4.64. The van der Waals surface area contributed by atoms with Crippen molar-refractivity contribution in [3.05, 3.63) is 23.8 Å². The quantitative estimate of drug-likeness (QED) is 0.717. The first kappa shape index (κ1) is 19.6. The van der Waals surface area contributed by atoms with Crippen molar-refractivity contribution in [3.8, 4) is 0 Å². The molecule has 2 heterocycles. The summed E-state index contributed by atoms with van der Waals surface area (Å²) in [6.07, 6.45) is 0.295. The minimum atomic E-state index is -4.29. The van der Waals surface area contributed by atoms with Gasteiger partial charge in [0.1, 0.15) is 0 Å². The number of nitrogens with zero attached hydrogens (tertiary/aromatic N) is 1. The van der Waals surface area contributed by atoms with E-state index in [2.05, 4.69) is 18.7 Å². The van der Waals surface area contributed by atoms with E-state index in [0.717, 1.165) is 20.7 Å². The number of benzene rings is 1. The fourth-order valence-corrected chi connectivity index (χ4v) is 5.99. The molecule has 1 aliphatic rings. The van der Waals surface area contributed by atoms with Crippen LogP contribution in [0.3, 0.4) is 0 Å². The molecule has 0 aliphatic carbocycles. The Morgan fingerprint density at radius 3 is 2.42 bits per heavy atom. The molecular formula is C16H21NO6S3. The molecule has 2 aromatic rings. The lowest BCUT2D eigenvalue weighted by Crippen LogP contribution is -2.40. The highest BCUT2D eigenvalue weighted by Crippen LogP contribution is 2.53. The van der Waals surface area contributed by atoms with Crippen LogP contribution in [0.1, 0.15) is 32.8 Å². The van der Waals surface area contributed by atoms with Gasteiger partial charge in [-0.3, -0.25) is 9.11 Å². The number of fused-ring (bicyclic) bond motifs is 3. The van der Waals surface area contributed by atoms with E-state index in [-0.39, 0.29) is 22.1 Å². The molecule has 0 amide bonds. The van der Waals surface area contributed by atoms with Crippen LogP contribution in [0.4, 0.5) is 5.00 Å². The largest absolute Gasteiger partial charge is 0.360 e. The van der Waals surface area contributed by atoms with Crippen LogP contribution in [0, 0.1) is 0 Å². The maximum Gasteiger partial charge on any atom is 0.294 e. The average Bonchev–Trinajstić information content (AvgIpc) is 2.94. The molecule has 1 unspecified atom stereocenters. The molecule has 0 bridgehead atoms. The van der Waals surface area contributed by atoms with Crippen molar-refractivity contribution in [2.75, 3.05) is 17.2 Å². The average molecular weight is 420 g/mol. The smallest absolute Gasteiger partial charge is 0.294 e. The summed E-state index contributed by atoms with van der Waals surface area (Å²) < 4.78 is 64.2. The Bertz CT molecular complexity index is 1070. The van der Waals surface area contributed by atoms with Gasteiger partial charge in [0.2, 0.25) is 0 Å². The molecule has 0 fully saturated rings. The molecule has 1 aromatic carbocycles. The summed E-state index contributed by atoms with van der Waals surface area (Å²) in [4.78, 5) is 1.97. The van der Waals surface area contributed by atoms with E-state index >= 15 is 0 Å². The third kappa shape index (κ3) is 3.36. The van der Waals surface area contributed by atoms with E-state index in [4.69, 9.17) is 4.55 Å². The van der Waals surface area contributed by atoms with Crippen LogP contribution < -0.4 is 4.90 Å². The van der Waals surface area contributed by atoms with E-state index in [1.165, 1.54) is 23.5 Å². The van der Waals surface area contributed by atoms with Crippen LogP contribution in [0.2, 0.25) is 0 Å². The minimum absolute atomic E-state index is 0.0731. The molecule has 144 valence electrons. The molecule has 7 nitrogen and oxygen atoms in total. The lowest BCUT2D eigenvalue weighted by Gasteiger charge is -2.32. The Morgan fingerprint density at radius 1 is 1.19 bits per heavy atom. The van der Waals surface area contributed by atoms with Crippen LogP contribution in [-0.2, 0) is 25.7 Å². The summed E-state index contributed by atoms with van der Waals surface area (Å²) in [7, 11) is -8.29. The van der Waals surface area contributed by atoms with Crippen molar-refractivity contribution >= 4 is 46.7 Å². The van der Waals surface area contributed by atoms with Crippen molar-refractivity contribution in [1.82, 2.24) is 0 Å². The number of anilines is 1. The first-order chi connectivity index (χ1) is 11.8. The number of hydrogen-bond donors (Lipinski definition) is 2. The van der Waals surface area contributed by atoms with E-state index in [0.29, 0.717) is 13.0 Å². The van der Waals surface area contributed by atoms with Gasteiger partial charge in [0, 0.05) is 28.3 Å². The molecule has 0 spiro atoms. The Morgan fingerprint density at radius 2 is 1.85 bits per heavy atom. The molecule has 0 saturated heterocycles. The molecule has 26 heavy (non-hydrogen) atoms. The van der Waals surface area contributed by atoms with E-state index in [1.54, 1.807) is 6.07 Å². The molecule has 0 saturated carbocycles. The fraction of sp³-hybridized carbons (Fsp3) is 0.500. The van der Waals surface area contributed by atoms with Gasteiger partial charge in [0.25, 0.3) is 20.2 Å². The molecular weight excluding hydrogens is 398 g/mol. The van der Waals surface area contributed by atoms with E-state index < -0.39 is 20.2 Å². The molecule has 3 rings (SSSR count).